The number of hydrogen-bond acceptors (Lipinski definition) is 7. The number of rotatable bonds is 7. The molecular weight excluding hydrogens is 424 g/mol. The van der Waals surface area contributed by atoms with E-state index >= 15 is 0 Å². The Labute approximate surface area is 179 Å². The first-order valence-corrected chi connectivity index (χ1v) is 12.1. The van der Waals surface area contributed by atoms with Gasteiger partial charge < -0.3 is 9.32 Å². The van der Waals surface area contributed by atoms with Crippen LogP contribution >= 0.6 is 11.3 Å². The molecule has 1 saturated heterocycles. The van der Waals surface area contributed by atoms with E-state index < -0.39 is 10.0 Å². The summed E-state index contributed by atoms with van der Waals surface area (Å²) in [5, 5.41) is 9.38. The zero-order valence-corrected chi connectivity index (χ0v) is 18.1. The predicted octanol–water partition coefficient (Wildman–Crippen LogP) is 3.12. The number of hydrogen-bond donors (Lipinski definition) is 1. The van der Waals surface area contributed by atoms with Crippen molar-refractivity contribution in [3.05, 3.63) is 53.2 Å². The molecule has 8 nitrogen and oxygen atoms in total. The molecule has 1 atom stereocenters. The fourth-order valence-electron chi connectivity index (χ4n) is 3.26. The van der Waals surface area contributed by atoms with Gasteiger partial charge in [0, 0.05) is 25.0 Å². The number of aromatic nitrogens is 2. The number of carbonyl (C=O) groups is 1. The molecule has 0 bridgehead atoms. The molecule has 1 fully saturated rings. The van der Waals surface area contributed by atoms with Crippen LogP contribution in [0.2, 0.25) is 0 Å². The van der Waals surface area contributed by atoms with Gasteiger partial charge in [-0.3, -0.25) is 4.79 Å². The molecule has 4 rings (SSSR count). The van der Waals surface area contributed by atoms with Crippen LogP contribution in [-0.2, 0) is 10.0 Å². The summed E-state index contributed by atoms with van der Waals surface area (Å²) in [5.41, 5.74) is 1.54. The summed E-state index contributed by atoms with van der Waals surface area (Å²) in [6.45, 7) is 3.62. The van der Waals surface area contributed by atoms with Crippen molar-refractivity contribution in [1.82, 2.24) is 19.8 Å². The van der Waals surface area contributed by atoms with Crippen LogP contribution in [0.1, 0.15) is 41.9 Å². The van der Waals surface area contributed by atoms with Crippen molar-refractivity contribution in [1.29, 1.82) is 0 Å². The van der Waals surface area contributed by atoms with Crippen molar-refractivity contribution < 1.29 is 17.6 Å². The second-order valence-corrected chi connectivity index (χ2v) is 10.1. The number of thiophene rings is 1. The molecule has 0 aliphatic carbocycles. The molecule has 3 heterocycles. The number of sulfonamides is 1. The largest absolute Gasteiger partial charge is 0.412 e. The average molecular weight is 447 g/mol. The fourth-order valence-corrected chi connectivity index (χ4v) is 5.59. The lowest BCUT2D eigenvalue weighted by Crippen LogP contribution is -2.27. The van der Waals surface area contributed by atoms with Gasteiger partial charge in [0.2, 0.25) is 15.9 Å². The van der Waals surface area contributed by atoms with Gasteiger partial charge in [0.05, 0.1) is 5.56 Å². The molecule has 10 heteroatoms. The molecule has 0 saturated carbocycles. The van der Waals surface area contributed by atoms with E-state index in [1.54, 1.807) is 10.3 Å². The van der Waals surface area contributed by atoms with Gasteiger partial charge in [-0.2, -0.15) is 0 Å². The maximum Gasteiger partial charge on any atom is 0.311 e. The first-order chi connectivity index (χ1) is 14.4. The first kappa shape index (κ1) is 20.7. The summed E-state index contributed by atoms with van der Waals surface area (Å²) in [7, 11) is -3.67. The fraction of sp³-hybridized carbons (Fsp3) is 0.350. The standard InChI is InChI=1S/C20H22N4O4S2/c1-14(15-7-3-2-4-8-15)12-21-30(26,27)17-11-16(13-29-17)18-22-23-19(28-18)20(25)24-9-5-6-10-24/h2-4,7-8,11,13-14,21H,5-6,9-10,12H2,1H3/t14-/m0/s1. The van der Waals surface area contributed by atoms with Crippen LogP contribution in [0, 0.1) is 0 Å². The SMILES string of the molecule is C[C@@H](CNS(=O)(=O)c1cc(-c2nnc(C(=O)N3CCCC3)o2)cs1)c1ccccc1. The molecule has 0 spiro atoms. The zero-order valence-electron chi connectivity index (χ0n) is 16.4. The summed E-state index contributed by atoms with van der Waals surface area (Å²) in [6, 6.07) is 11.2. The van der Waals surface area contributed by atoms with Gasteiger partial charge in [0.25, 0.3) is 0 Å². The summed E-state index contributed by atoms with van der Waals surface area (Å²) >= 11 is 1.07. The lowest BCUT2D eigenvalue weighted by Gasteiger charge is -2.12. The maximum atomic E-state index is 12.7. The van der Waals surface area contributed by atoms with Gasteiger partial charge in [-0.25, -0.2) is 13.1 Å². The van der Waals surface area contributed by atoms with E-state index in [1.165, 1.54) is 6.07 Å². The topological polar surface area (TPSA) is 105 Å². The zero-order chi connectivity index (χ0) is 21.1. The van der Waals surface area contributed by atoms with Crippen molar-refractivity contribution in [2.45, 2.75) is 29.9 Å². The van der Waals surface area contributed by atoms with Crippen LogP contribution in [0.4, 0.5) is 0 Å². The van der Waals surface area contributed by atoms with Gasteiger partial charge in [-0.15, -0.1) is 21.5 Å². The smallest absolute Gasteiger partial charge is 0.311 e. The summed E-state index contributed by atoms with van der Waals surface area (Å²) in [4.78, 5) is 14.0. The molecule has 0 radical (unpaired) electrons. The van der Waals surface area contributed by atoms with Crippen molar-refractivity contribution in [2.24, 2.45) is 0 Å². The van der Waals surface area contributed by atoms with Crippen LogP contribution in [-0.4, -0.2) is 49.1 Å². The number of amides is 1. The Balaban J connectivity index is 1.43. The third kappa shape index (κ3) is 4.45. The van der Waals surface area contributed by atoms with Gasteiger partial charge in [0.1, 0.15) is 4.21 Å². The molecule has 3 aromatic rings. The van der Waals surface area contributed by atoms with Crippen LogP contribution in [0.5, 0.6) is 0 Å². The van der Waals surface area contributed by atoms with E-state index in [9.17, 15) is 13.2 Å². The summed E-state index contributed by atoms with van der Waals surface area (Å²) in [5.74, 6) is -0.188. The minimum atomic E-state index is -3.67. The van der Waals surface area contributed by atoms with Crippen LogP contribution < -0.4 is 4.72 Å². The average Bonchev–Trinajstić information content (AvgIpc) is 3.53. The van der Waals surface area contributed by atoms with E-state index in [2.05, 4.69) is 14.9 Å². The molecule has 158 valence electrons. The molecule has 30 heavy (non-hydrogen) atoms. The third-order valence-corrected chi connectivity index (χ3v) is 7.90. The number of carbonyl (C=O) groups excluding carboxylic acids is 1. The Morgan fingerprint density at radius 2 is 1.97 bits per heavy atom. The highest BCUT2D eigenvalue weighted by Crippen LogP contribution is 2.28. The van der Waals surface area contributed by atoms with Crippen molar-refractivity contribution >= 4 is 27.3 Å². The van der Waals surface area contributed by atoms with Crippen molar-refractivity contribution in [2.75, 3.05) is 19.6 Å². The predicted molar refractivity (Wildman–Crippen MR) is 113 cm³/mol. The molecule has 1 aromatic carbocycles. The third-order valence-electron chi connectivity index (χ3n) is 5.04. The van der Waals surface area contributed by atoms with Crippen molar-refractivity contribution in [3.63, 3.8) is 0 Å². The molecule has 2 aromatic heterocycles. The number of likely N-dealkylation sites (tertiary alicyclic amines) is 1. The van der Waals surface area contributed by atoms with E-state index in [4.69, 9.17) is 4.42 Å². The van der Waals surface area contributed by atoms with E-state index in [1.807, 2.05) is 37.3 Å². The molecule has 1 aliphatic rings. The Kier molecular flexibility index (Phi) is 5.98. The quantitative estimate of drug-likeness (QED) is 0.598. The molecular formula is C20H22N4O4S2. The van der Waals surface area contributed by atoms with Crippen molar-refractivity contribution in [3.8, 4) is 11.5 Å². The van der Waals surface area contributed by atoms with Gasteiger partial charge in [-0.05, 0) is 30.4 Å². The number of nitrogens with one attached hydrogen (secondary N) is 1. The van der Waals surface area contributed by atoms with Crippen LogP contribution in [0.25, 0.3) is 11.5 Å². The van der Waals surface area contributed by atoms with Gasteiger partial charge >= 0.3 is 11.8 Å². The molecule has 1 amide bonds. The molecule has 1 N–H and O–H groups in total. The van der Waals surface area contributed by atoms with E-state index in [0.717, 1.165) is 29.7 Å². The second kappa shape index (κ2) is 8.66. The molecule has 1 aliphatic heterocycles. The highest BCUT2D eigenvalue weighted by atomic mass is 32.2. The normalized spacial score (nSPS) is 15.4. The van der Waals surface area contributed by atoms with Crippen LogP contribution in [0.3, 0.4) is 0 Å². The lowest BCUT2D eigenvalue weighted by atomic mass is 10.0. The molecule has 0 unspecified atom stereocenters. The van der Waals surface area contributed by atoms with E-state index in [0.29, 0.717) is 18.7 Å². The monoisotopic (exact) mass is 446 g/mol. The van der Waals surface area contributed by atoms with Crippen LogP contribution in [0.15, 0.2) is 50.4 Å². The Hall–Kier alpha value is -2.56. The summed E-state index contributed by atoms with van der Waals surface area (Å²) in [6.07, 6.45) is 1.93. The Bertz CT molecular complexity index is 1120. The minimum absolute atomic E-state index is 0.0375. The highest BCUT2D eigenvalue weighted by Gasteiger charge is 2.26. The highest BCUT2D eigenvalue weighted by molar-refractivity contribution is 7.91. The van der Waals surface area contributed by atoms with Gasteiger partial charge in [-0.1, -0.05) is 37.3 Å². The van der Waals surface area contributed by atoms with E-state index in [-0.39, 0.29) is 34.4 Å². The second-order valence-electron chi connectivity index (χ2n) is 7.23. The lowest BCUT2D eigenvalue weighted by molar-refractivity contribution is 0.0754. The number of benzene rings is 1. The number of nitrogens with zero attached hydrogens (tertiary/aromatic N) is 3. The minimum Gasteiger partial charge on any atom is -0.412 e. The van der Waals surface area contributed by atoms with Gasteiger partial charge in [0.15, 0.2) is 0 Å². The Morgan fingerprint density at radius 1 is 1.23 bits per heavy atom. The first-order valence-electron chi connectivity index (χ1n) is 9.70. The summed E-state index contributed by atoms with van der Waals surface area (Å²) < 4.78 is 33.7. The Morgan fingerprint density at radius 3 is 2.70 bits per heavy atom. The maximum absolute atomic E-state index is 12.7.